The van der Waals surface area contributed by atoms with Crippen LogP contribution < -0.4 is 10.1 Å². The van der Waals surface area contributed by atoms with Crippen LogP contribution in [0.15, 0.2) is 24.3 Å². The fraction of sp³-hybridized carbons (Fsp3) is 0.467. The fourth-order valence-electron chi connectivity index (χ4n) is 1.42. The van der Waals surface area contributed by atoms with Crippen LogP contribution in [-0.4, -0.2) is 46.3 Å². The first kappa shape index (κ1) is 21.3. The number of nitro benzene ring substituents is 1. The number of aliphatic carboxylic acids is 2. The average Bonchev–Trinajstić information content (AvgIpc) is 2.55. The smallest absolute Gasteiger partial charge is 0.414 e. The highest BCUT2D eigenvalue weighted by Crippen LogP contribution is 2.17. The molecule has 0 radical (unpaired) electrons. The van der Waals surface area contributed by atoms with Gasteiger partial charge in [0.15, 0.2) is 0 Å². The molecule has 9 nitrogen and oxygen atoms in total. The predicted molar refractivity (Wildman–Crippen MR) is 86.2 cm³/mol. The first-order valence-corrected chi connectivity index (χ1v) is 7.34. The summed E-state index contributed by atoms with van der Waals surface area (Å²) in [6.45, 7) is 5.82. The molecule has 1 aromatic carbocycles. The number of hydrogen-bond donors (Lipinski definition) is 3. The van der Waals surface area contributed by atoms with Crippen LogP contribution >= 0.6 is 0 Å². The largest absolute Gasteiger partial charge is 0.494 e. The molecule has 0 saturated carbocycles. The molecule has 0 aliphatic heterocycles. The van der Waals surface area contributed by atoms with Gasteiger partial charge in [0.05, 0.1) is 11.5 Å². The maximum atomic E-state index is 10.5. The minimum Gasteiger partial charge on any atom is -0.494 e. The van der Waals surface area contributed by atoms with Crippen molar-refractivity contribution in [1.29, 1.82) is 0 Å². The van der Waals surface area contributed by atoms with Crippen molar-refractivity contribution in [2.45, 2.75) is 32.7 Å². The summed E-state index contributed by atoms with van der Waals surface area (Å²) in [6.07, 6.45) is 2.03. The molecule has 3 N–H and O–H groups in total. The van der Waals surface area contributed by atoms with E-state index in [1.54, 1.807) is 12.1 Å². The number of nitro groups is 1. The summed E-state index contributed by atoms with van der Waals surface area (Å²) in [5.74, 6) is -2.98. The molecular formula is C15H22N2O7. The van der Waals surface area contributed by atoms with Gasteiger partial charge in [0.2, 0.25) is 0 Å². The van der Waals surface area contributed by atoms with Gasteiger partial charge in [-0.25, -0.2) is 9.59 Å². The lowest BCUT2D eigenvalue weighted by Gasteiger charge is -2.11. The van der Waals surface area contributed by atoms with Gasteiger partial charge < -0.3 is 20.3 Å². The summed E-state index contributed by atoms with van der Waals surface area (Å²) in [5.41, 5.74) is 0.0841. The Labute approximate surface area is 139 Å². The zero-order valence-corrected chi connectivity index (χ0v) is 13.6. The lowest BCUT2D eigenvalue weighted by atomic mass is 10.2. The number of rotatable bonds is 8. The Bertz CT molecular complexity index is 519. The molecule has 1 atom stereocenters. The van der Waals surface area contributed by atoms with Gasteiger partial charge in [0.1, 0.15) is 5.75 Å². The van der Waals surface area contributed by atoms with Crippen LogP contribution in [0.3, 0.4) is 0 Å². The van der Waals surface area contributed by atoms with E-state index in [0.29, 0.717) is 18.4 Å². The normalized spacial score (nSPS) is 10.9. The molecular weight excluding hydrogens is 320 g/mol. The molecule has 9 heteroatoms. The standard InChI is InChI=1S/C13H20N2O3.C2H2O4/c1-3-11(2)14-9-4-10-18-13-7-5-12(6-8-13)15(16)17;3-1(4)2(5)6/h5-8,11,14H,3-4,9-10H2,1-2H3;(H,3,4)(H,5,6). The first-order valence-electron chi connectivity index (χ1n) is 7.34. The second kappa shape index (κ2) is 11.8. The Morgan fingerprint density at radius 1 is 1.25 bits per heavy atom. The van der Waals surface area contributed by atoms with Crippen LogP contribution in [0.5, 0.6) is 5.75 Å². The first-order chi connectivity index (χ1) is 11.3. The van der Waals surface area contributed by atoms with Crippen molar-refractivity contribution < 1.29 is 29.5 Å². The summed E-state index contributed by atoms with van der Waals surface area (Å²) in [5, 5.41) is 28.6. The van der Waals surface area contributed by atoms with Crippen molar-refractivity contribution in [3.05, 3.63) is 34.4 Å². The van der Waals surface area contributed by atoms with Crippen LogP contribution in [0.2, 0.25) is 0 Å². The molecule has 0 aliphatic carbocycles. The number of carboxylic acid groups (broad SMARTS) is 2. The Hall–Kier alpha value is -2.68. The molecule has 1 aromatic rings. The van der Waals surface area contributed by atoms with Gasteiger partial charge >= 0.3 is 11.9 Å². The van der Waals surface area contributed by atoms with Crippen molar-refractivity contribution in [1.82, 2.24) is 5.32 Å². The van der Waals surface area contributed by atoms with Crippen LogP contribution in [0, 0.1) is 10.1 Å². The summed E-state index contributed by atoms with van der Waals surface area (Å²) in [4.78, 5) is 28.2. The number of nitrogens with one attached hydrogen (secondary N) is 1. The predicted octanol–water partition coefficient (Wildman–Crippen LogP) is 1.91. The number of non-ortho nitro benzene ring substituents is 1. The number of carbonyl (C=O) groups is 2. The second-order valence-corrected chi connectivity index (χ2v) is 4.83. The maximum Gasteiger partial charge on any atom is 0.414 e. The van der Waals surface area contributed by atoms with Crippen molar-refractivity contribution in [3.8, 4) is 5.75 Å². The van der Waals surface area contributed by atoms with E-state index < -0.39 is 16.9 Å². The van der Waals surface area contributed by atoms with E-state index in [4.69, 9.17) is 24.5 Å². The highest BCUT2D eigenvalue weighted by molar-refractivity contribution is 6.27. The van der Waals surface area contributed by atoms with Gasteiger partial charge in [-0.15, -0.1) is 0 Å². The molecule has 1 rings (SSSR count). The van der Waals surface area contributed by atoms with Crippen molar-refractivity contribution in [3.63, 3.8) is 0 Å². The molecule has 0 saturated heterocycles. The number of benzene rings is 1. The third kappa shape index (κ3) is 10.1. The SMILES string of the molecule is CCC(C)NCCCOc1ccc([N+](=O)[O-])cc1.O=C(O)C(=O)O. The van der Waals surface area contributed by atoms with E-state index >= 15 is 0 Å². The zero-order valence-electron chi connectivity index (χ0n) is 13.6. The van der Waals surface area contributed by atoms with Crippen LogP contribution in [-0.2, 0) is 9.59 Å². The Morgan fingerprint density at radius 3 is 2.21 bits per heavy atom. The number of ether oxygens (including phenoxy) is 1. The fourth-order valence-corrected chi connectivity index (χ4v) is 1.42. The van der Waals surface area contributed by atoms with Gasteiger partial charge in [0.25, 0.3) is 5.69 Å². The van der Waals surface area contributed by atoms with Crippen molar-refractivity contribution in [2.24, 2.45) is 0 Å². The highest BCUT2D eigenvalue weighted by atomic mass is 16.6. The van der Waals surface area contributed by atoms with Gasteiger partial charge in [-0.05, 0) is 38.4 Å². The molecule has 0 aliphatic rings. The highest BCUT2D eigenvalue weighted by Gasteiger charge is 2.04. The Balaban J connectivity index is 0.000000754. The monoisotopic (exact) mass is 342 g/mol. The van der Waals surface area contributed by atoms with Gasteiger partial charge in [-0.3, -0.25) is 10.1 Å². The van der Waals surface area contributed by atoms with Gasteiger partial charge in [-0.1, -0.05) is 6.92 Å². The Kier molecular flexibility index (Phi) is 10.5. The Morgan fingerprint density at radius 2 is 1.79 bits per heavy atom. The maximum absolute atomic E-state index is 10.5. The van der Waals surface area contributed by atoms with Gasteiger partial charge in [0, 0.05) is 18.2 Å². The topological polar surface area (TPSA) is 139 Å². The molecule has 0 spiro atoms. The quantitative estimate of drug-likeness (QED) is 0.282. The zero-order chi connectivity index (χ0) is 18.5. The van der Waals surface area contributed by atoms with E-state index in [2.05, 4.69) is 19.2 Å². The summed E-state index contributed by atoms with van der Waals surface area (Å²) < 4.78 is 5.49. The number of nitrogens with zero attached hydrogens (tertiary/aromatic N) is 1. The lowest BCUT2D eigenvalue weighted by molar-refractivity contribution is -0.384. The molecule has 1 unspecified atom stereocenters. The number of hydrogen-bond acceptors (Lipinski definition) is 6. The molecule has 0 heterocycles. The minimum atomic E-state index is -1.82. The number of carboxylic acids is 2. The average molecular weight is 342 g/mol. The van der Waals surface area contributed by atoms with Gasteiger partial charge in [-0.2, -0.15) is 0 Å². The third-order valence-corrected chi connectivity index (χ3v) is 2.93. The molecule has 24 heavy (non-hydrogen) atoms. The van der Waals surface area contributed by atoms with E-state index in [9.17, 15) is 10.1 Å². The molecule has 0 bridgehead atoms. The summed E-state index contributed by atoms with van der Waals surface area (Å²) in [7, 11) is 0. The molecule has 0 aromatic heterocycles. The minimum absolute atomic E-state index is 0.0841. The summed E-state index contributed by atoms with van der Waals surface area (Å²) in [6, 6.07) is 6.68. The molecule has 0 fully saturated rings. The van der Waals surface area contributed by atoms with E-state index in [1.165, 1.54) is 12.1 Å². The van der Waals surface area contributed by atoms with E-state index in [-0.39, 0.29) is 5.69 Å². The van der Waals surface area contributed by atoms with Crippen molar-refractivity contribution >= 4 is 17.6 Å². The van der Waals surface area contributed by atoms with Crippen LogP contribution in [0.25, 0.3) is 0 Å². The van der Waals surface area contributed by atoms with E-state index in [0.717, 1.165) is 19.4 Å². The van der Waals surface area contributed by atoms with Crippen molar-refractivity contribution in [2.75, 3.05) is 13.2 Å². The summed E-state index contributed by atoms with van der Waals surface area (Å²) >= 11 is 0. The second-order valence-electron chi connectivity index (χ2n) is 4.83. The third-order valence-electron chi connectivity index (χ3n) is 2.93. The lowest BCUT2D eigenvalue weighted by Crippen LogP contribution is -2.27. The van der Waals surface area contributed by atoms with E-state index in [1.807, 2.05) is 0 Å². The van der Waals surface area contributed by atoms with Crippen LogP contribution in [0.4, 0.5) is 5.69 Å². The molecule has 0 amide bonds. The van der Waals surface area contributed by atoms with Crippen LogP contribution in [0.1, 0.15) is 26.7 Å². The molecule has 134 valence electrons.